The van der Waals surface area contributed by atoms with Crippen LogP contribution in [0.5, 0.6) is 0 Å². The van der Waals surface area contributed by atoms with Gasteiger partial charge in [0, 0.05) is 32.4 Å². The van der Waals surface area contributed by atoms with E-state index in [1.54, 1.807) is 19.3 Å². The minimum absolute atomic E-state index is 0.0108. The van der Waals surface area contributed by atoms with Crippen molar-refractivity contribution in [3.63, 3.8) is 0 Å². The molecule has 0 aromatic carbocycles. The Bertz CT molecular complexity index is 320. The molecule has 0 aliphatic carbocycles. The number of aliphatic hydroxyl groups is 1. The standard InChI is InChI=1S/C9H14N2O2/c1-11-4-2-8(6-9(11)13)7-10-3-5-12/h2,4,6,10,12H,3,5,7H2,1H3. The Morgan fingerprint density at radius 1 is 1.62 bits per heavy atom. The van der Waals surface area contributed by atoms with Crippen LogP contribution in [-0.4, -0.2) is 22.8 Å². The highest BCUT2D eigenvalue weighted by atomic mass is 16.3. The summed E-state index contributed by atoms with van der Waals surface area (Å²) in [5.41, 5.74) is 0.930. The van der Waals surface area contributed by atoms with Gasteiger partial charge in [-0.3, -0.25) is 4.79 Å². The largest absolute Gasteiger partial charge is 0.395 e. The predicted octanol–water partition coefficient (Wildman–Crippen LogP) is -0.533. The fraction of sp³-hybridized carbons (Fsp3) is 0.444. The molecule has 1 heterocycles. The molecular formula is C9H14N2O2. The van der Waals surface area contributed by atoms with Gasteiger partial charge in [0.15, 0.2) is 0 Å². The Balaban J connectivity index is 2.58. The van der Waals surface area contributed by atoms with E-state index in [-0.39, 0.29) is 12.2 Å². The van der Waals surface area contributed by atoms with Crippen LogP contribution in [0.3, 0.4) is 0 Å². The molecule has 0 fully saturated rings. The van der Waals surface area contributed by atoms with E-state index in [1.807, 2.05) is 6.07 Å². The molecule has 2 N–H and O–H groups in total. The van der Waals surface area contributed by atoms with Crippen molar-refractivity contribution in [2.24, 2.45) is 7.05 Å². The van der Waals surface area contributed by atoms with Crippen LogP contribution in [0.15, 0.2) is 23.1 Å². The third-order valence-corrected chi connectivity index (χ3v) is 1.79. The van der Waals surface area contributed by atoms with Crippen molar-refractivity contribution in [2.75, 3.05) is 13.2 Å². The van der Waals surface area contributed by atoms with E-state index < -0.39 is 0 Å². The maximum absolute atomic E-state index is 11.2. The minimum Gasteiger partial charge on any atom is -0.395 e. The third-order valence-electron chi connectivity index (χ3n) is 1.79. The highest BCUT2D eigenvalue weighted by Gasteiger charge is 1.94. The second-order valence-electron chi connectivity index (χ2n) is 2.88. The van der Waals surface area contributed by atoms with Crippen LogP contribution in [0.2, 0.25) is 0 Å². The molecule has 0 amide bonds. The molecule has 1 rings (SSSR count). The van der Waals surface area contributed by atoms with Gasteiger partial charge in [0.2, 0.25) is 0 Å². The van der Waals surface area contributed by atoms with Gasteiger partial charge in [0.25, 0.3) is 5.56 Å². The number of rotatable bonds is 4. The van der Waals surface area contributed by atoms with E-state index in [2.05, 4.69) is 5.32 Å². The lowest BCUT2D eigenvalue weighted by atomic mass is 10.2. The number of nitrogens with zero attached hydrogens (tertiary/aromatic N) is 1. The Kier molecular flexibility index (Phi) is 3.67. The summed E-state index contributed by atoms with van der Waals surface area (Å²) in [6.45, 7) is 1.29. The molecule has 72 valence electrons. The minimum atomic E-state index is -0.0108. The van der Waals surface area contributed by atoms with Crippen molar-refractivity contribution < 1.29 is 5.11 Å². The number of aromatic nitrogens is 1. The average Bonchev–Trinajstić information content (AvgIpc) is 2.12. The Hall–Kier alpha value is -1.13. The Morgan fingerprint density at radius 3 is 3.00 bits per heavy atom. The predicted molar refractivity (Wildman–Crippen MR) is 50.5 cm³/mol. The number of hydrogen-bond donors (Lipinski definition) is 2. The van der Waals surface area contributed by atoms with Gasteiger partial charge in [-0.2, -0.15) is 0 Å². The molecule has 0 saturated heterocycles. The zero-order valence-electron chi connectivity index (χ0n) is 7.66. The van der Waals surface area contributed by atoms with Crippen molar-refractivity contribution in [1.82, 2.24) is 9.88 Å². The summed E-state index contributed by atoms with van der Waals surface area (Å²) < 4.78 is 1.52. The summed E-state index contributed by atoms with van der Waals surface area (Å²) in [4.78, 5) is 11.2. The van der Waals surface area contributed by atoms with Gasteiger partial charge in [-0.15, -0.1) is 0 Å². The lowest BCUT2D eigenvalue weighted by Crippen LogP contribution is -2.20. The van der Waals surface area contributed by atoms with Crippen molar-refractivity contribution >= 4 is 0 Å². The molecule has 0 radical (unpaired) electrons. The molecule has 1 aromatic heterocycles. The SMILES string of the molecule is Cn1ccc(CNCCO)cc1=O. The number of hydrogen-bond acceptors (Lipinski definition) is 3. The van der Waals surface area contributed by atoms with Crippen LogP contribution in [0.25, 0.3) is 0 Å². The number of aryl methyl sites for hydroxylation is 1. The zero-order chi connectivity index (χ0) is 9.68. The molecule has 0 aliphatic heterocycles. The first-order valence-electron chi connectivity index (χ1n) is 4.21. The summed E-state index contributed by atoms with van der Waals surface area (Å²) in [6.07, 6.45) is 1.73. The van der Waals surface area contributed by atoms with Gasteiger partial charge in [-0.05, 0) is 11.6 Å². The van der Waals surface area contributed by atoms with Crippen LogP contribution in [0.1, 0.15) is 5.56 Å². The van der Waals surface area contributed by atoms with E-state index in [0.717, 1.165) is 5.56 Å². The summed E-state index contributed by atoms with van der Waals surface area (Å²) >= 11 is 0. The summed E-state index contributed by atoms with van der Waals surface area (Å²) in [7, 11) is 1.72. The highest BCUT2D eigenvalue weighted by molar-refractivity contribution is 5.10. The fourth-order valence-electron chi connectivity index (χ4n) is 1.01. The van der Waals surface area contributed by atoms with Crippen molar-refractivity contribution in [1.29, 1.82) is 0 Å². The van der Waals surface area contributed by atoms with Gasteiger partial charge >= 0.3 is 0 Å². The van der Waals surface area contributed by atoms with Crippen molar-refractivity contribution in [3.8, 4) is 0 Å². The quantitative estimate of drug-likeness (QED) is 0.615. The van der Waals surface area contributed by atoms with E-state index >= 15 is 0 Å². The molecule has 0 saturated carbocycles. The lowest BCUT2D eigenvalue weighted by Gasteiger charge is -2.03. The van der Waals surface area contributed by atoms with E-state index in [1.165, 1.54) is 4.57 Å². The molecule has 4 heteroatoms. The van der Waals surface area contributed by atoms with Crippen molar-refractivity contribution in [2.45, 2.75) is 6.54 Å². The maximum atomic E-state index is 11.2. The molecule has 0 aliphatic rings. The summed E-state index contributed by atoms with van der Waals surface area (Å²) in [5.74, 6) is 0. The van der Waals surface area contributed by atoms with Crippen LogP contribution in [-0.2, 0) is 13.6 Å². The van der Waals surface area contributed by atoms with Gasteiger partial charge in [0.1, 0.15) is 0 Å². The first kappa shape index (κ1) is 9.95. The lowest BCUT2D eigenvalue weighted by molar-refractivity contribution is 0.292. The molecule has 13 heavy (non-hydrogen) atoms. The van der Waals surface area contributed by atoms with Crippen LogP contribution in [0, 0.1) is 0 Å². The first-order valence-corrected chi connectivity index (χ1v) is 4.21. The molecular weight excluding hydrogens is 168 g/mol. The van der Waals surface area contributed by atoms with Crippen LogP contribution in [0.4, 0.5) is 0 Å². The average molecular weight is 182 g/mol. The highest BCUT2D eigenvalue weighted by Crippen LogP contribution is 1.92. The number of aliphatic hydroxyl groups excluding tert-OH is 1. The number of nitrogens with one attached hydrogen (secondary N) is 1. The molecule has 0 unspecified atom stereocenters. The number of pyridine rings is 1. The fourth-order valence-corrected chi connectivity index (χ4v) is 1.01. The van der Waals surface area contributed by atoms with Gasteiger partial charge in [0.05, 0.1) is 6.61 Å². The molecule has 0 atom stereocenters. The van der Waals surface area contributed by atoms with Crippen molar-refractivity contribution in [3.05, 3.63) is 34.2 Å². The summed E-state index contributed by atoms with van der Waals surface area (Å²) in [5, 5.41) is 11.5. The Labute approximate surface area is 76.8 Å². The van der Waals surface area contributed by atoms with E-state index in [0.29, 0.717) is 13.1 Å². The zero-order valence-corrected chi connectivity index (χ0v) is 7.66. The first-order chi connectivity index (χ1) is 6.24. The molecule has 0 bridgehead atoms. The van der Waals surface area contributed by atoms with E-state index in [4.69, 9.17) is 5.11 Å². The second-order valence-corrected chi connectivity index (χ2v) is 2.88. The monoisotopic (exact) mass is 182 g/mol. The molecule has 1 aromatic rings. The van der Waals surface area contributed by atoms with Gasteiger partial charge < -0.3 is 15.0 Å². The second kappa shape index (κ2) is 4.79. The van der Waals surface area contributed by atoms with Crippen LogP contribution < -0.4 is 10.9 Å². The Morgan fingerprint density at radius 2 is 2.38 bits per heavy atom. The third kappa shape index (κ3) is 3.01. The topological polar surface area (TPSA) is 54.3 Å². The van der Waals surface area contributed by atoms with Crippen LogP contribution >= 0.6 is 0 Å². The van der Waals surface area contributed by atoms with Gasteiger partial charge in [-0.25, -0.2) is 0 Å². The van der Waals surface area contributed by atoms with E-state index in [9.17, 15) is 4.79 Å². The molecule has 4 nitrogen and oxygen atoms in total. The smallest absolute Gasteiger partial charge is 0.250 e. The van der Waals surface area contributed by atoms with Gasteiger partial charge in [-0.1, -0.05) is 0 Å². The maximum Gasteiger partial charge on any atom is 0.250 e. The normalized spacial score (nSPS) is 10.3. The molecule has 0 spiro atoms. The summed E-state index contributed by atoms with van der Waals surface area (Å²) in [6, 6.07) is 3.47.